The lowest BCUT2D eigenvalue weighted by Gasteiger charge is -2.05. The number of nitrogens with zero attached hydrogens (tertiary/aromatic N) is 1. The Balaban J connectivity index is 1.92. The third-order valence-corrected chi connectivity index (χ3v) is 3.88. The van der Waals surface area contributed by atoms with Crippen LogP contribution in [0.5, 0.6) is 0 Å². The number of hydrogen-bond acceptors (Lipinski definition) is 4. The zero-order chi connectivity index (χ0) is 14.6. The van der Waals surface area contributed by atoms with Crippen LogP contribution in [0.4, 0.5) is 0 Å². The molecule has 2 rings (SSSR count). The van der Waals surface area contributed by atoms with Gasteiger partial charge in [-0.1, -0.05) is 0 Å². The molecule has 0 aliphatic carbocycles. The third-order valence-electron chi connectivity index (χ3n) is 2.75. The molecule has 20 heavy (non-hydrogen) atoms. The predicted octanol–water partition coefficient (Wildman–Crippen LogP) is 0.786. The number of hydrogen-bond donors (Lipinski definition) is 2. The molecule has 1 heterocycles. The van der Waals surface area contributed by atoms with Crippen LogP contribution in [0.1, 0.15) is 16.2 Å². The number of benzene rings is 1. The highest BCUT2D eigenvalue weighted by molar-refractivity contribution is 7.90. The van der Waals surface area contributed by atoms with Crippen molar-refractivity contribution in [2.75, 3.05) is 12.8 Å². The summed E-state index contributed by atoms with van der Waals surface area (Å²) in [7, 11) is -3.24. The molecule has 1 aromatic heterocycles. The zero-order valence-corrected chi connectivity index (χ0v) is 11.8. The molecule has 0 aliphatic heterocycles. The predicted molar refractivity (Wildman–Crippen MR) is 74.2 cm³/mol. The third kappa shape index (κ3) is 3.67. The van der Waals surface area contributed by atoms with Gasteiger partial charge in [-0.3, -0.25) is 4.79 Å². The standard InChI is InChI=1S/C13H15N3O3S/c1-20(18,19)11-4-2-10(3-5-11)13(17)16-7-6-12-14-8-9-15-12/h2-5,8-9H,6-7H2,1H3,(H,14,15)(H,16,17). The Labute approximate surface area is 117 Å². The van der Waals surface area contributed by atoms with E-state index in [1.165, 1.54) is 24.3 Å². The molecule has 2 N–H and O–H groups in total. The number of rotatable bonds is 5. The van der Waals surface area contributed by atoms with Gasteiger partial charge in [0.15, 0.2) is 9.84 Å². The maximum Gasteiger partial charge on any atom is 0.251 e. The lowest BCUT2D eigenvalue weighted by atomic mass is 10.2. The van der Waals surface area contributed by atoms with Gasteiger partial charge in [-0.2, -0.15) is 0 Å². The summed E-state index contributed by atoms with van der Waals surface area (Å²) in [5.74, 6) is 0.564. The number of aromatic amines is 1. The number of amides is 1. The molecule has 1 aromatic carbocycles. The Morgan fingerprint density at radius 1 is 1.30 bits per heavy atom. The van der Waals surface area contributed by atoms with E-state index in [0.29, 0.717) is 18.5 Å². The molecular weight excluding hydrogens is 278 g/mol. The Morgan fingerprint density at radius 2 is 2.00 bits per heavy atom. The van der Waals surface area contributed by atoms with Crippen LogP contribution < -0.4 is 5.32 Å². The van der Waals surface area contributed by atoms with Gasteiger partial charge < -0.3 is 10.3 Å². The topological polar surface area (TPSA) is 91.9 Å². The highest BCUT2D eigenvalue weighted by atomic mass is 32.2. The van der Waals surface area contributed by atoms with Crippen molar-refractivity contribution in [3.63, 3.8) is 0 Å². The SMILES string of the molecule is CS(=O)(=O)c1ccc(C(=O)NCCc2ncc[nH]2)cc1. The summed E-state index contributed by atoms with van der Waals surface area (Å²) in [5.41, 5.74) is 0.428. The first-order valence-corrected chi connectivity index (χ1v) is 7.92. The average Bonchev–Trinajstić information content (AvgIpc) is 2.91. The van der Waals surface area contributed by atoms with Crippen molar-refractivity contribution in [1.82, 2.24) is 15.3 Å². The largest absolute Gasteiger partial charge is 0.352 e. The lowest BCUT2D eigenvalue weighted by Crippen LogP contribution is -2.25. The molecular formula is C13H15N3O3S. The van der Waals surface area contributed by atoms with Gasteiger partial charge in [-0.25, -0.2) is 13.4 Å². The van der Waals surface area contributed by atoms with E-state index in [-0.39, 0.29) is 10.8 Å². The van der Waals surface area contributed by atoms with Gasteiger partial charge in [-0.15, -0.1) is 0 Å². The molecule has 0 bridgehead atoms. The van der Waals surface area contributed by atoms with Crippen LogP contribution in [-0.4, -0.2) is 37.1 Å². The molecule has 0 atom stereocenters. The first kappa shape index (κ1) is 14.3. The van der Waals surface area contributed by atoms with E-state index in [1.54, 1.807) is 12.4 Å². The maximum absolute atomic E-state index is 11.8. The van der Waals surface area contributed by atoms with Crippen LogP contribution in [0, 0.1) is 0 Å². The van der Waals surface area contributed by atoms with Crippen molar-refractivity contribution in [2.45, 2.75) is 11.3 Å². The maximum atomic E-state index is 11.8. The second kappa shape index (κ2) is 5.87. The van der Waals surface area contributed by atoms with Crippen molar-refractivity contribution in [3.05, 3.63) is 48.0 Å². The molecule has 6 nitrogen and oxygen atoms in total. The van der Waals surface area contributed by atoms with Gasteiger partial charge in [-0.05, 0) is 24.3 Å². The summed E-state index contributed by atoms with van der Waals surface area (Å²) < 4.78 is 22.6. The van der Waals surface area contributed by atoms with E-state index in [4.69, 9.17) is 0 Å². The first-order valence-electron chi connectivity index (χ1n) is 6.03. The van der Waals surface area contributed by atoms with Crippen molar-refractivity contribution in [1.29, 1.82) is 0 Å². The van der Waals surface area contributed by atoms with E-state index >= 15 is 0 Å². The van der Waals surface area contributed by atoms with Crippen LogP contribution >= 0.6 is 0 Å². The van der Waals surface area contributed by atoms with Crippen molar-refractivity contribution < 1.29 is 13.2 Å². The van der Waals surface area contributed by atoms with Gasteiger partial charge in [0.1, 0.15) is 5.82 Å². The van der Waals surface area contributed by atoms with E-state index < -0.39 is 9.84 Å². The van der Waals surface area contributed by atoms with Gasteiger partial charge in [0, 0.05) is 37.2 Å². The fraction of sp³-hybridized carbons (Fsp3) is 0.231. The molecule has 1 amide bonds. The molecule has 0 unspecified atom stereocenters. The zero-order valence-electron chi connectivity index (χ0n) is 11.0. The minimum Gasteiger partial charge on any atom is -0.352 e. The number of carbonyl (C=O) groups excluding carboxylic acids is 1. The fourth-order valence-corrected chi connectivity index (χ4v) is 2.32. The van der Waals surface area contributed by atoms with E-state index in [1.807, 2.05) is 0 Å². The van der Waals surface area contributed by atoms with Crippen LogP contribution in [0.25, 0.3) is 0 Å². The summed E-state index contributed by atoms with van der Waals surface area (Å²) in [6, 6.07) is 5.85. The molecule has 106 valence electrons. The van der Waals surface area contributed by atoms with Crippen molar-refractivity contribution >= 4 is 15.7 Å². The van der Waals surface area contributed by atoms with E-state index in [2.05, 4.69) is 15.3 Å². The summed E-state index contributed by atoms with van der Waals surface area (Å²) >= 11 is 0. The summed E-state index contributed by atoms with van der Waals surface area (Å²) in [6.07, 6.45) is 5.12. The normalized spacial score (nSPS) is 11.2. The monoisotopic (exact) mass is 293 g/mol. The Bertz CT molecular complexity index is 676. The molecule has 0 fully saturated rings. The Morgan fingerprint density at radius 3 is 2.55 bits per heavy atom. The smallest absolute Gasteiger partial charge is 0.251 e. The molecule has 7 heteroatoms. The number of aromatic nitrogens is 2. The fourth-order valence-electron chi connectivity index (χ4n) is 1.68. The van der Waals surface area contributed by atoms with E-state index in [9.17, 15) is 13.2 Å². The van der Waals surface area contributed by atoms with Crippen LogP contribution in [0.2, 0.25) is 0 Å². The molecule has 0 saturated heterocycles. The molecule has 0 radical (unpaired) electrons. The minimum absolute atomic E-state index is 0.199. The molecule has 0 spiro atoms. The van der Waals surface area contributed by atoms with E-state index in [0.717, 1.165) is 12.1 Å². The highest BCUT2D eigenvalue weighted by Crippen LogP contribution is 2.10. The second-order valence-corrected chi connectivity index (χ2v) is 6.35. The van der Waals surface area contributed by atoms with Crippen molar-refractivity contribution in [2.24, 2.45) is 0 Å². The molecule has 0 aliphatic rings. The highest BCUT2D eigenvalue weighted by Gasteiger charge is 2.09. The van der Waals surface area contributed by atoms with Crippen LogP contribution in [-0.2, 0) is 16.3 Å². The minimum atomic E-state index is -3.24. The molecule has 2 aromatic rings. The molecule has 0 saturated carbocycles. The summed E-state index contributed by atoms with van der Waals surface area (Å²) in [4.78, 5) is 19.0. The number of imidazole rings is 1. The van der Waals surface area contributed by atoms with Crippen LogP contribution in [0.3, 0.4) is 0 Å². The number of carbonyl (C=O) groups is 1. The Kier molecular flexibility index (Phi) is 4.19. The number of sulfone groups is 1. The lowest BCUT2D eigenvalue weighted by molar-refractivity contribution is 0.0954. The summed E-state index contributed by atoms with van der Waals surface area (Å²) in [5, 5.41) is 2.75. The number of nitrogens with one attached hydrogen (secondary N) is 2. The van der Waals surface area contributed by atoms with Crippen LogP contribution in [0.15, 0.2) is 41.6 Å². The van der Waals surface area contributed by atoms with Gasteiger partial charge in [0.25, 0.3) is 5.91 Å². The average molecular weight is 293 g/mol. The Hall–Kier alpha value is -2.15. The first-order chi connectivity index (χ1) is 9.47. The second-order valence-electron chi connectivity index (χ2n) is 4.34. The van der Waals surface area contributed by atoms with Crippen molar-refractivity contribution in [3.8, 4) is 0 Å². The van der Waals surface area contributed by atoms with Gasteiger partial charge in [0.05, 0.1) is 4.90 Å². The van der Waals surface area contributed by atoms with Gasteiger partial charge in [0.2, 0.25) is 0 Å². The number of H-pyrrole nitrogens is 1. The quantitative estimate of drug-likeness (QED) is 0.852. The van der Waals surface area contributed by atoms with Gasteiger partial charge >= 0.3 is 0 Å². The summed E-state index contributed by atoms with van der Waals surface area (Å²) in [6.45, 7) is 0.459.